The molecule has 1 spiro atoms. The lowest BCUT2D eigenvalue weighted by atomic mass is 9.49. The van der Waals surface area contributed by atoms with Gasteiger partial charge in [-0.2, -0.15) is 0 Å². The van der Waals surface area contributed by atoms with Gasteiger partial charge in [-0.05, 0) is 88.3 Å². The summed E-state index contributed by atoms with van der Waals surface area (Å²) in [5, 5.41) is 12.4. The number of ether oxygens (including phenoxy) is 4. The molecule has 0 radical (unpaired) electrons. The van der Waals surface area contributed by atoms with Crippen molar-refractivity contribution in [3.8, 4) is 11.5 Å². The first-order valence-corrected chi connectivity index (χ1v) is 18.4. The van der Waals surface area contributed by atoms with Crippen LogP contribution in [0.15, 0.2) is 24.3 Å². The predicted octanol–water partition coefficient (Wildman–Crippen LogP) is 7.57. The van der Waals surface area contributed by atoms with Crippen LogP contribution < -0.4 is 9.47 Å². The van der Waals surface area contributed by atoms with E-state index in [0.29, 0.717) is 37.4 Å². The van der Waals surface area contributed by atoms with E-state index in [2.05, 4.69) is 24.0 Å². The number of benzene rings is 1. The number of hydrogen-bond donors (Lipinski definition) is 1. The molecule has 1 saturated heterocycles. The molecule has 4 atom stereocenters. The monoisotopic (exact) mass is 637 g/mol. The van der Waals surface area contributed by atoms with E-state index in [1.54, 1.807) is 0 Å². The Bertz CT molecular complexity index is 1240. The summed E-state index contributed by atoms with van der Waals surface area (Å²) >= 11 is 0. The van der Waals surface area contributed by atoms with Gasteiger partial charge in [-0.3, -0.25) is 9.69 Å². The van der Waals surface area contributed by atoms with Gasteiger partial charge in [0.25, 0.3) is 0 Å². The lowest BCUT2D eigenvalue weighted by Crippen LogP contribution is -2.76. The predicted molar refractivity (Wildman–Crippen MR) is 176 cm³/mol. The molecule has 2 saturated carbocycles. The van der Waals surface area contributed by atoms with Crippen LogP contribution in [0.3, 0.4) is 0 Å². The number of piperidine rings is 1. The van der Waals surface area contributed by atoms with Crippen molar-refractivity contribution in [2.75, 3.05) is 26.5 Å². The smallest absolute Gasteiger partial charge is 0.477 e. The average molecular weight is 638 g/mol. The lowest BCUT2D eigenvalue weighted by molar-refractivity contribution is -0.188. The third kappa shape index (κ3) is 6.85. The quantitative estimate of drug-likeness (QED) is 0.0719. The van der Waals surface area contributed by atoms with Crippen LogP contribution in [0.2, 0.25) is 0 Å². The SMILES string of the molecule is CCCCCCCC/C=C/CCCCCCOC(=O)OCOc1ccc2c3c1O[C@H]1C(=O)CC[C@@]4(O)C(C2)N(CC2CC2)CC[C@]314. The lowest BCUT2D eigenvalue weighted by Gasteiger charge is -2.62. The molecule has 8 nitrogen and oxygen atoms in total. The second-order valence-corrected chi connectivity index (χ2v) is 14.4. The highest BCUT2D eigenvalue weighted by Gasteiger charge is 2.73. The van der Waals surface area contributed by atoms with Crippen LogP contribution in [-0.4, -0.2) is 66.2 Å². The van der Waals surface area contributed by atoms with Crippen molar-refractivity contribution in [2.24, 2.45) is 5.92 Å². The van der Waals surface area contributed by atoms with Gasteiger partial charge in [0.15, 0.2) is 23.4 Å². The van der Waals surface area contributed by atoms with Crippen molar-refractivity contribution >= 4 is 11.9 Å². The molecule has 0 aromatic heterocycles. The molecule has 2 aliphatic heterocycles. The molecule has 1 N–H and O–H groups in total. The van der Waals surface area contributed by atoms with Gasteiger partial charge in [-0.1, -0.05) is 70.1 Å². The summed E-state index contributed by atoms with van der Waals surface area (Å²) < 4.78 is 22.8. The molecule has 0 amide bonds. The highest BCUT2D eigenvalue weighted by molar-refractivity contribution is 5.90. The van der Waals surface area contributed by atoms with Gasteiger partial charge in [0.1, 0.15) is 0 Å². The molecule has 254 valence electrons. The standard InChI is InChI=1S/C38H55NO7/c1-2-3-4-5-6-7-8-9-10-11-12-13-14-15-24-43-36(41)45-27-44-31-19-18-29-25-32-38(42)21-20-30(40)35-37(38,33(29)34(31)46-35)22-23-39(32)26-28-16-17-28/h9-10,18-19,28,32,35,42H,2-8,11-17,20-27H2,1H3/b10-9+/t32?,35-,37-,38+/m0/s1. The van der Waals surface area contributed by atoms with E-state index in [-0.39, 0.29) is 18.6 Å². The second kappa shape index (κ2) is 15.1. The highest BCUT2D eigenvalue weighted by Crippen LogP contribution is 2.65. The first-order chi connectivity index (χ1) is 22.5. The number of allylic oxidation sites excluding steroid dienone is 2. The van der Waals surface area contributed by atoms with Gasteiger partial charge in [0, 0.05) is 24.6 Å². The number of rotatable bonds is 19. The van der Waals surface area contributed by atoms with Crippen molar-refractivity contribution in [3.05, 3.63) is 35.4 Å². The number of carbonyl (C=O) groups excluding carboxylic acids is 2. The highest BCUT2D eigenvalue weighted by atomic mass is 16.8. The van der Waals surface area contributed by atoms with E-state index in [1.807, 2.05) is 12.1 Å². The van der Waals surface area contributed by atoms with Crippen LogP contribution in [0, 0.1) is 5.92 Å². The van der Waals surface area contributed by atoms with Crippen molar-refractivity contribution in [2.45, 2.75) is 146 Å². The minimum absolute atomic E-state index is 0.0130. The number of ketones is 1. The first kappa shape index (κ1) is 33.3. The fourth-order valence-electron chi connectivity index (χ4n) is 8.70. The van der Waals surface area contributed by atoms with Gasteiger partial charge in [-0.15, -0.1) is 0 Å². The van der Waals surface area contributed by atoms with Gasteiger partial charge < -0.3 is 24.1 Å². The number of aliphatic hydroxyl groups is 1. The van der Waals surface area contributed by atoms with Gasteiger partial charge in [0.05, 0.1) is 17.6 Å². The molecule has 6 rings (SSSR count). The van der Waals surface area contributed by atoms with E-state index in [0.717, 1.165) is 68.7 Å². The van der Waals surface area contributed by atoms with E-state index in [9.17, 15) is 14.7 Å². The van der Waals surface area contributed by atoms with Crippen molar-refractivity contribution in [1.82, 2.24) is 4.90 Å². The minimum Gasteiger partial charge on any atom is -0.477 e. The zero-order valence-corrected chi connectivity index (χ0v) is 27.9. The van der Waals surface area contributed by atoms with Crippen LogP contribution >= 0.6 is 0 Å². The maximum atomic E-state index is 13.2. The van der Waals surface area contributed by atoms with E-state index in [4.69, 9.17) is 18.9 Å². The largest absolute Gasteiger partial charge is 0.511 e. The molecule has 2 bridgehead atoms. The Labute approximate surface area is 275 Å². The molecule has 8 heteroatoms. The van der Waals surface area contributed by atoms with Crippen molar-refractivity contribution in [3.63, 3.8) is 0 Å². The number of carbonyl (C=O) groups is 2. The topological polar surface area (TPSA) is 94.5 Å². The van der Waals surface area contributed by atoms with Crippen molar-refractivity contribution in [1.29, 1.82) is 0 Å². The summed E-state index contributed by atoms with van der Waals surface area (Å²) in [6.07, 6.45) is 22.3. The summed E-state index contributed by atoms with van der Waals surface area (Å²) in [6, 6.07) is 3.87. The summed E-state index contributed by atoms with van der Waals surface area (Å²) in [7, 11) is 0. The Morgan fingerprint density at radius 3 is 2.50 bits per heavy atom. The molecule has 1 aromatic carbocycles. The minimum atomic E-state index is -1.01. The van der Waals surface area contributed by atoms with Crippen LogP contribution in [0.1, 0.15) is 127 Å². The molecule has 1 aromatic rings. The number of Topliss-reactive ketones (excluding diaryl/α,β-unsaturated/α-hetero) is 1. The third-order valence-corrected chi connectivity index (χ3v) is 11.3. The Balaban J connectivity index is 0.922. The summed E-state index contributed by atoms with van der Waals surface area (Å²) in [5.74, 6) is 1.74. The number of unbranched alkanes of at least 4 members (excludes halogenated alkanes) is 10. The Morgan fingerprint density at radius 1 is 1.00 bits per heavy atom. The molecular formula is C38H55NO7. The van der Waals surface area contributed by atoms with Crippen LogP contribution in [0.4, 0.5) is 4.79 Å². The van der Waals surface area contributed by atoms with Crippen molar-refractivity contribution < 1.29 is 33.6 Å². The normalized spacial score (nSPS) is 27.8. The fourth-order valence-corrected chi connectivity index (χ4v) is 8.70. The Hall–Kier alpha value is -2.58. The maximum absolute atomic E-state index is 13.2. The molecule has 5 aliphatic rings. The molecule has 2 heterocycles. The van der Waals surface area contributed by atoms with Crippen LogP contribution in [0.25, 0.3) is 0 Å². The van der Waals surface area contributed by atoms with Gasteiger partial charge in [0.2, 0.25) is 6.79 Å². The fraction of sp³-hybridized carbons (Fsp3) is 0.737. The summed E-state index contributed by atoms with van der Waals surface area (Å²) in [6.45, 7) is 4.14. The molecule has 3 aliphatic carbocycles. The van der Waals surface area contributed by atoms with E-state index in [1.165, 1.54) is 57.8 Å². The molecule has 3 fully saturated rings. The molecule has 1 unspecified atom stereocenters. The number of likely N-dealkylation sites (tertiary alicyclic amines) is 1. The van der Waals surface area contributed by atoms with E-state index < -0.39 is 23.3 Å². The van der Waals surface area contributed by atoms with Crippen LogP contribution in [-0.2, 0) is 26.1 Å². The Morgan fingerprint density at radius 2 is 1.74 bits per heavy atom. The van der Waals surface area contributed by atoms with Crippen LogP contribution in [0.5, 0.6) is 11.5 Å². The number of hydrogen-bond acceptors (Lipinski definition) is 8. The maximum Gasteiger partial charge on any atom is 0.511 e. The first-order valence-electron chi connectivity index (χ1n) is 18.4. The number of nitrogens with zero attached hydrogens (tertiary/aromatic N) is 1. The molecule has 46 heavy (non-hydrogen) atoms. The van der Waals surface area contributed by atoms with E-state index >= 15 is 0 Å². The zero-order valence-electron chi connectivity index (χ0n) is 27.9. The van der Waals surface area contributed by atoms with Gasteiger partial charge in [-0.25, -0.2) is 4.79 Å². The summed E-state index contributed by atoms with van der Waals surface area (Å²) in [5.41, 5.74) is 0.293. The summed E-state index contributed by atoms with van der Waals surface area (Å²) in [4.78, 5) is 27.9. The molecular weight excluding hydrogens is 582 g/mol. The third-order valence-electron chi connectivity index (χ3n) is 11.3. The second-order valence-electron chi connectivity index (χ2n) is 14.4. The Kier molecular flexibility index (Phi) is 10.9. The zero-order chi connectivity index (χ0) is 32.0. The average Bonchev–Trinajstić information content (AvgIpc) is 3.79. The van der Waals surface area contributed by atoms with Gasteiger partial charge >= 0.3 is 6.16 Å².